The van der Waals surface area contributed by atoms with E-state index in [9.17, 15) is 0 Å². The smallest absolute Gasteiger partial charge is 0.0242 e. The molecule has 0 bridgehead atoms. The predicted octanol–water partition coefficient (Wildman–Crippen LogP) is 1.37. The van der Waals surface area contributed by atoms with Crippen molar-refractivity contribution in [3.05, 3.63) is 0 Å². The van der Waals surface area contributed by atoms with Gasteiger partial charge in [-0.2, -0.15) is 0 Å². The zero-order valence-electron chi connectivity index (χ0n) is 7.01. The van der Waals surface area contributed by atoms with Crippen molar-refractivity contribution in [1.82, 2.24) is 5.01 Å². The van der Waals surface area contributed by atoms with Gasteiger partial charge >= 0.3 is 0 Å². The van der Waals surface area contributed by atoms with Crippen molar-refractivity contribution in [3.8, 4) is 0 Å². The predicted molar refractivity (Wildman–Crippen MR) is 43.4 cm³/mol. The average molecular weight is 142 g/mol. The van der Waals surface area contributed by atoms with Gasteiger partial charge in [0, 0.05) is 12.6 Å². The third-order valence-electron chi connectivity index (χ3n) is 1.98. The van der Waals surface area contributed by atoms with Gasteiger partial charge in [0.15, 0.2) is 0 Å². The van der Waals surface area contributed by atoms with E-state index in [2.05, 4.69) is 13.8 Å². The summed E-state index contributed by atoms with van der Waals surface area (Å²) in [5, 5.41) is 2.00. The standard InChI is InChI=1S/C8H18N2/c1-7(2)5-6-10(9)8-3-4-8/h7-8H,3-6,9H2,1-2H3. The fourth-order valence-electron chi connectivity index (χ4n) is 0.996. The molecule has 0 spiro atoms. The molecule has 60 valence electrons. The lowest BCUT2D eigenvalue weighted by atomic mass is 10.1. The van der Waals surface area contributed by atoms with Crippen molar-refractivity contribution in [2.24, 2.45) is 11.8 Å². The highest BCUT2D eigenvalue weighted by molar-refractivity contribution is 4.81. The van der Waals surface area contributed by atoms with Crippen molar-refractivity contribution < 1.29 is 0 Å². The third-order valence-corrected chi connectivity index (χ3v) is 1.98. The fourth-order valence-corrected chi connectivity index (χ4v) is 0.996. The summed E-state index contributed by atoms with van der Waals surface area (Å²) in [6, 6.07) is 0.721. The van der Waals surface area contributed by atoms with Crippen LogP contribution in [0, 0.1) is 5.92 Å². The summed E-state index contributed by atoms with van der Waals surface area (Å²) in [6.45, 7) is 5.55. The molecule has 1 aliphatic rings. The van der Waals surface area contributed by atoms with E-state index < -0.39 is 0 Å². The molecule has 0 amide bonds. The lowest BCUT2D eigenvalue weighted by Gasteiger charge is -2.15. The normalized spacial score (nSPS) is 18.9. The number of nitrogens with zero attached hydrogens (tertiary/aromatic N) is 1. The second kappa shape index (κ2) is 3.35. The highest BCUT2D eigenvalue weighted by Gasteiger charge is 2.26. The maximum absolute atomic E-state index is 5.76. The molecule has 0 aromatic carbocycles. The van der Waals surface area contributed by atoms with Gasteiger partial charge in [0.25, 0.3) is 0 Å². The van der Waals surface area contributed by atoms with Crippen molar-refractivity contribution >= 4 is 0 Å². The summed E-state index contributed by atoms with van der Waals surface area (Å²) in [6.07, 6.45) is 3.86. The third kappa shape index (κ3) is 2.67. The second-order valence-corrected chi connectivity index (χ2v) is 3.65. The summed E-state index contributed by atoms with van der Waals surface area (Å²) in [5.41, 5.74) is 0. The van der Waals surface area contributed by atoms with Crippen LogP contribution in [0.3, 0.4) is 0 Å². The molecule has 0 aliphatic heterocycles. The molecule has 10 heavy (non-hydrogen) atoms. The fraction of sp³-hybridized carbons (Fsp3) is 1.00. The van der Waals surface area contributed by atoms with Gasteiger partial charge in [-0.25, -0.2) is 5.01 Å². The van der Waals surface area contributed by atoms with Crippen LogP contribution in [0.5, 0.6) is 0 Å². The van der Waals surface area contributed by atoms with E-state index in [4.69, 9.17) is 5.84 Å². The van der Waals surface area contributed by atoms with Gasteiger partial charge in [0.1, 0.15) is 0 Å². The van der Waals surface area contributed by atoms with E-state index in [0.717, 1.165) is 18.5 Å². The molecule has 1 fully saturated rings. The number of rotatable bonds is 4. The van der Waals surface area contributed by atoms with Gasteiger partial charge in [0.05, 0.1) is 0 Å². The van der Waals surface area contributed by atoms with Crippen molar-refractivity contribution in [3.63, 3.8) is 0 Å². The number of hydrazine groups is 1. The van der Waals surface area contributed by atoms with Crippen molar-refractivity contribution in [2.75, 3.05) is 6.54 Å². The molecule has 0 atom stereocenters. The zero-order valence-corrected chi connectivity index (χ0v) is 7.01. The first-order chi connectivity index (χ1) is 4.70. The van der Waals surface area contributed by atoms with E-state index >= 15 is 0 Å². The minimum Gasteiger partial charge on any atom is -0.269 e. The molecular formula is C8H18N2. The van der Waals surface area contributed by atoms with Crippen LogP contribution in [0.1, 0.15) is 33.1 Å². The minimum absolute atomic E-state index is 0.721. The van der Waals surface area contributed by atoms with E-state index in [1.807, 2.05) is 5.01 Å². The molecule has 1 saturated carbocycles. The van der Waals surface area contributed by atoms with E-state index in [-0.39, 0.29) is 0 Å². The first-order valence-corrected chi connectivity index (χ1v) is 4.21. The molecule has 0 saturated heterocycles. The van der Waals surface area contributed by atoms with Crippen LogP contribution in [-0.4, -0.2) is 17.6 Å². The minimum atomic E-state index is 0.721. The van der Waals surface area contributed by atoms with Gasteiger partial charge in [-0.3, -0.25) is 5.84 Å². The topological polar surface area (TPSA) is 29.3 Å². The number of nitrogens with two attached hydrogens (primary N) is 1. The van der Waals surface area contributed by atoms with E-state index in [1.165, 1.54) is 19.3 Å². The molecular weight excluding hydrogens is 124 g/mol. The van der Waals surface area contributed by atoms with Crippen LogP contribution in [0.4, 0.5) is 0 Å². The molecule has 0 heterocycles. The Balaban J connectivity index is 2.00. The summed E-state index contributed by atoms with van der Waals surface area (Å²) in [7, 11) is 0. The van der Waals surface area contributed by atoms with Crippen molar-refractivity contribution in [2.45, 2.75) is 39.2 Å². The summed E-state index contributed by atoms with van der Waals surface area (Å²) in [5.74, 6) is 6.54. The Hall–Kier alpha value is -0.0800. The number of hydrogen-bond donors (Lipinski definition) is 1. The second-order valence-electron chi connectivity index (χ2n) is 3.65. The molecule has 0 aromatic heterocycles. The maximum atomic E-state index is 5.76. The van der Waals surface area contributed by atoms with E-state index in [0.29, 0.717) is 0 Å². The Labute approximate surface area is 63.4 Å². The molecule has 2 nitrogen and oxygen atoms in total. The molecule has 2 heteroatoms. The average Bonchev–Trinajstić information content (AvgIpc) is 2.63. The van der Waals surface area contributed by atoms with E-state index in [1.54, 1.807) is 0 Å². The lowest BCUT2D eigenvalue weighted by molar-refractivity contribution is 0.255. The van der Waals surface area contributed by atoms with Gasteiger partial charge in [-0.05, 0) is 25.2 Å². The summed E-state index contributed by atoms with van der Waals surface area (Å²) < 4.78 is 0. The Kier molecular flexibility index (Phi) is 2.69. The summed E-state index contributed by atoms with van der Waals surface area (Å²) in [4.78, 5) is 0. The van der Waals surface area contributed by atoms with Crippen LogP contribution in [0.2, 0.25) is 0 Å². The van der Waals surface area contributed by atoms with Crippen molar-refractivity contribution in [1.29, 1.82) is 0 Å². The van der Waals surface area contributed by atoms with Crippen LogP contribution in [-0.2, 0) is 0 Å². The highest BCUT2D eigenvalue weighted by Crippen LogP contribution is 2.24. The molecule has 1 rings (SSSR count). The van der Waals surface area contributed by atoms with Gasteiger partial charge in [0.2, 0.25) is 0 Å². The SMILES string of the molecule is CC(C)CCN(N)C1CC1. The van der Waals surface area contributed by atoms with Crippen LogP contribution >= 0.6 is 0 Å². The number of hydrogen-bond acceptors (Lipinski definition) is 2. The Morgan fingerprint density at radius 3 is 2.50 bits per heavy atom. The Morgan fingerprint density at radius 1 is 1.50 bits per heavy atom. The molecule has 0 aromatic rings. The monoisotopic (exact) mass is 142 g/mol. The zero-order chi connectivity index (χ0) is 7.56. The molecule has 2 N–H and O–H groups in total. The Bertz CT molecular complexity index is 97.4. The van der Waals surface area contributed by atoms with Crippen LogP contribution in [0.15, 0.2) is 0 Å². The van der Waals surface area contributed by atoms with Gasteiger partial charge in [-0.15, -0.1) is 0 Å². The summed E-state index contributed by atoms with van der Waals surface area (Å²) >= 11 is 0. The first kappa shape index (κ1) is 8.02. The quantitative estimate of drug-likeness (QED) is 0.474. The highest BCUT2D eigenvalue weighted by atomic mass is 15.4. The van der Waals surface area contributed by atoms with Crippen LogP contribution in [0.25, 0.3) is 0 Å². The maximum Gasteiger partial charge on any atom is 0.0242 e. The Morgan fingerprint density at radius 2 is 2.10 bits per heavy atom. The molecule has 0 radical (unpaired) electrons. The largest absolute Gasteiger partial charge is 0.269 e. The van der Waals surface area contributed by atoms with Gasteiger partial charge in [-0.1, -0.05) is 13.8 Å². The molecule has 1 aliphatic carbocycles. The lowest BCUT2D eigenvalue weighted by Crippen LogP contribution is -2.34. The molecule has 0 unspecified atom stereocenters. The van der Waals surface area contributed by atoms with Gasteiger partial charge < -0.3 is 0 Å². The van der Waals surface area contributed by atoms with Crippen LogP contribution < -0.4 is 5.84 Å². The first-order valence-electron chi connectivity index (χ1n) is 4.21.